The van der Waals surface area contributed by atoms with Gasteiger partial charge in [-0.2, -0.15) is 0 Å². The van der Waals surface area contributed by atoms with Crippen LogP contribution in [-0.4, -0.2) is 53.7 Å². The van der Waals surface area contributed by atoms with Crippen molar-refractivity contribution in [2.45, 2.75) is 39.8 Å². The number of carbonyl (C=O) groups excluding carboxylic acids is 2. The van der Waals surface area contributed by atoms with Crippen molar-refractivity contribution in [3.05, 3.63) is 0 Å². The lowest BCUT2D eigenvalue weighted by atomic mass is 10.3. The van der Waals surface area contributed by atoms with Gasteiger partial charge in [-0.1, -0.05) is 0 Å². The number of nitrogens with one attached hydrogen (secondary N) is 2. The van der Waals surface area contributed by atoms with E-state index < -0.39 is 6.03 Å². The number of aliphatic hydroxyl groups excluding tert-OH is 1. The highest BCUT2D eigenvalue weighted by Crippen LogP contribution is 1.96. The first-order chi connectivity index (χ1) is 7.86. The molecule has 6 heteroatoms. The summed E-state index contributed by atoms with van der Waals surface area (Å²) >= 11 is 0. The van der Waals surface area contributed by atoms with Crippen molar-refractivity contribution in [2.24, 2.45) is 0 Å². The van der Waals surface area contributed by atoms with Gasteiger partial charge in [0.15, 0.2) is 0 Å². The lowest BCUT2D eigenvalue weighted by Gasteiger charge is -2.24. The highest BCUT2D eigenvalue weighted by atomic mass is 16.3. The molecular weight excluding hydrogens is 222 g/mol. The van der Waals surface area contributed by atoms with E-state index in [-0.39, 0.29) is 31.1 Å². The standard InChI is InChI=1S/C11H23N3O3/c1-8(2)12-11(17)13-10(16)7-14(5-6-15)9(3)4/h8-9,15H,5-7H2,1-4H3,(H2,12,13,16,17). The Bertz CT molecular complexity index is 254. The van der Waals surface area contributed by atoms with Crippen molar-refractivity contribution in [1.29, 1.82) is 0 Å². The third-order valence-electron chi connectivity index (χ3n) is 2.14. The number of hydrogen-bond acceptors (Lipinski definition) is 4. The molecule has 100 valence electrons. The van der Waals surface area contributed by atoms with E-state index in [1.165, 1.54) is 0 Å². The summed E-state index contributed by atoms with van der Waals surface area (Å²) in [5, 5.41) is 13.7. The number of carbonyl (C=O) groups is 2. The molecule has 0 aliphatic carbocycles. The average molecular weight is 245 g/mol. The van der Waals surface area contributed by atoms with Crippen LogP contribution < -0.4 is 10.6 Å². The Kier molecular flexibility index (Phi) is 7.49. The van der Waals surface area contributed by atoms with Crippen LogP contribution in [0, 0.1) is 0 Å². The van der Waals surface area contributed by atoms with Crippen LogP contribution in [0.5, 0.6) is 0 Å². The highest BCUT2D eigenvalue weighted by molar-refractivity contribution is 5.95. The molecule has 0 fully saturated rings. The molecule has 0 bridgehead atoms. The maximum absolute atomic E-state index is 11.5. The molecule has 3 amide bonds. The van der Waals surface area contributed by atoms with E-state index in [0.29, 0.717) is 6.54 Å². The Morgan fingerprint density at radius 1 is 1.24 bits per heavy atom. The molecule has 0 aromatic carbocycles. The molecule has 0 spiro atoms. The fourth-order valence-corrected chi connectivity index (χ4v) is 1.30. The largest absolute Gasteiger partial charge is 0.395 e. The number of amides is 3. The Hall–Kier alpha value is -1.14. The highest BCUT2D eigenvalue weighted by Gasteiger charge is 2.15. The van der Waals surface area contributed by atoms with E-state index in [9.17, 15) is 9.59 Å². The molecule has 0 radical (unpaired) electrons. The van der Waals surface area contributed by atoms with Gasteiger partial charge in [-0.3, -0.25) is 15.0 Å². The molecule has 0 unspecified atom stereocenters. The molecule has 0 aliphatic heterocycles. The van der Waals surface area contributed by atoms with Gasteiger partial charge in [0.1, 0.15) is 0 Å². The topological polar surface area (TPSA) is 81.7 Å². The Morgan fingerprint density at radius 2 is 1.82 bits per heavy atom. The lowest BCUT2D eigenvalue weighted by Crippen LogP contribution is -2.48. The van der Waals surface area contributed by atoms with Crippen molar-refractivity contribution >= 4 is 11.9 Å². The maximum atomic E-state index is 11.5. The molecule has 0 atom stereocenters. The van der Waals surface area contributed by atoms with Gasteiger partial charge in [0.25, 0.3) is 0 Å². The van der Waals surface area contributed by atoms with Crippen molar-refractivity contribution in [3.63, 3.8) is 0 Å². The summed E-state index contributed by atoms with van der Waals surface area (Å²) in [6, 6.07) is -0.361. The van der Waals surface area contributed by atoms with Gasteiger partial charge in [-0.05, 0) is 27.7 Å². The van der Waals surface area contributed by atoms with E-state index in [2.05, 4.69) is 10.6 Å². The van der Waals surface area contributed by atoms with Crippen molar-refractivity contribution < 1.29 is 14.7 Å². The summed E-state index contributed by atoms with van der Waals surface area (Å²) in [5.41, 5.74) is 0. The van der Waals surface area contributed by atoms with Gasteiger partial charge >= 0.3 is 6.03 Å². The summed E-state index contributed by atoms with van der Waals surface area (Å²) < 4.78 is 0. The van der Waals surface area contributed by atoms with E-state index in [1.54, 1.807) is 4.90 Å². The van der Waals surface area contributed by atoms with Crippen LogP contribution in [0.15, 0.2) is 0 Å². The summed E-state index contributed by atoms with van der Waals surface area (Å²) in [6.45, 7) is 7.99. The Balaban J connectivity index is 4.10. The van der Waals surface area contributed by atoms with Gasteiger partial charge < -0.3 is 10.4 Å². The number of imide groups is 1. The first-order valence-corrected chi connectivity index (χ1v) is 5.82. The van der Waals surface area contributed by atoms with Crippen LogP contribution in [-0.2, 0) is 4.79 Å². The normalized spacial score (nSPS) is 11.1. The third-order valence-corrected chi connectivity index (χ3v) is 2.14. The fraction of sp³-hybridized carbons (Fsp3) is 0.818. The number of urea groups is 1. The second-order valence-corrected chi connectivity index (χ2v) is 4.46. The van der Waals surface area contributed by atoms with Crippen LogP contribution in [0.4, 0.5) is 4.79 Å². The molecule has 6 nitrogen and oxygen atoms in total. The lowest BCUT2D eigenvalue weighted by molar-refractivity contribution is -0.121. The number of rotatable bonds is 6. The first-order valence-electron chi connectivity index (χ1n) is 5.82. The SMILES string of the molecule is CC(C)NC(=O)NC(=O)CN(CCO)C(C)C. The van der Waals surface area contributed by atoms with Crippen LogP contribution in [0.3, 0.4) is 0 Å². The summed E-state index contributed by atoms with van der Waals surface area (Å²) in [7, 11) is 0. The number of hydrogen-bond donors (Lipinski definition) is 3. The maximum Gasteiger partial charge on any atom is 0.321 e. The van der Waals surface area contributed by atoms with E-state index in [0.717, 1.165) is 0 Å². The second kappa shape index (κ2) is 8.03. The molecule has 0 aliphatic rings. The van der Waals surface area contributed by atoms with Gasteiger partial charge in [0.2, 0.25) is 5.91 Å². The quantitative estimate of drug-likeness (QED) is 0.611. The predicted molar refractivity (Wildman–Crippen MR) is 65.6 cm³/mol. The first kappa shape index (κ1) is 15.9. The van der Waals surface area contributed by atoms with Crippen LogP contribution >= 0.6 is 0 Å². The summed E-state index contributed by atoms with van der Waals surface area (Å²) in [6.07, 6.45) is 0. The van der Waals surface area contributed by atoms with Crippen LogP contribution in [0.1, 0.15) is 27.7 Å². The van der Waals surface area contributed by atoms with Gasteiger partial charge in [-0.25, -0.2) is 4.79 Å². The van der Waals surface area contributed by atoms with Gasteiger partial charge in [0.05, 0.1) is 13.2 Å². The molecule has 0 heterocycles. The van der Waals surface area contributed by atoms with Crippen LogP contribution in [0.2, 0.25) is 0 Å². The monoisotopic (exact) mass is 245 g/mol. The minimum atomic E-state index is -0.488. The molecule has 0 aromatic rings. The molecule has 0 rings (SSSR count). The Morgan fingerprint density at radius 3 is 2.24 bits per heavy atom. The minimum Gasteiger partial charge on any atom is -0.395 e. The molecule has 17 heavy (non-hydrogen) atoms. The van der Waals surface area contributed by atoms with Crippen molar-refractivity contribution in [2.75, 3.05) is 19.7 Å². The van der Waals surface area contributed by atoms with E-state index in [4.69, 9.17) is 5.11 Å². The second-order valence-electron chi connectivity index (χ2n) is 4.46. The smallest absolute Gasteiger partial charge is 0.321 e. The van der Waals surface area contributed by atoms with Crippen LogP contribution in [0.25, 0.3) is 0 Å². The van der Waals surface area contributed by atoms with Crippen molar-refractivity contribution in [3.8, 4) is 0 Å². The number of nitrogens with zero attached hydrogens (tertiary/aromatic N) is 1. The van der Waals surface area contributed by atoms with E-state index >= 15 is 0 Å². The molecule has 0 saturated heterocycles. The molecular formula is C11H23N3O3. The fourth-order valence-electron chi connectivity index (χ4n) is 1.30. The van der Waals surface area contributed by atoms with Gasteiger partial charge in [-0.15, -0.1) is 0 Å². The third kappa shape index (κ3) is 7.70. The van der Waals surface area contributed by atoms with E-state index in [1.807, 2.05) is 27.7 Å². The Labute approximate surface area is 102 Å². The minimum absolute atomic E-state index is 0.0103. The average Bonchev–Trinajstić information content (AvgIpc) is 2.14. The zero-order valence-corrected chi connectivity index (χ0v) is 11.0. The summed E-state index contributed by atoms with van der Waals surface area (Å²) in [5.74, 6) is -0.370. The van der Waals surface area contributed by atoms with Crippen molar-refractivity contribution in [1.82, 2.24) is 15.5 Å². The molecule has 0 saturated carbocycles. The molecule has 0 aromatic heterocycles. The summed E-state index contributed by atoms with van der Waals surface area (Å²) in [4.78, 5) is 24.6. The zero-order chi connectivity index (χ0) is 13.4. The predicted octanol–water partition coefficient (Wildman–Crippen LogP) is -0.0767. The number of aliphatic hydroxyl groups is 1. The van der Waals surface area contributed by atoms with Gasteiger partial charge in [0, 0.05) is 18.6 Å². The zero-order valence-electron chi connectivity index (χ0n) is 11.0. The molecule has 3 N–H and O–H groups in total.